The van der Waals surface area contributed by atoms with Crippen LogP contribution < -0.4 is 0 Å². The minimum absolute atomic E-state index is 0.0131. The van der Waals surface area contributed by atoms with Gasteiger partial charge in [-0.2, -0.15) is 0 Å². The van der Waals surface area contributed by atoms with E-state index in [0.29, 0.717) is 67.1 Å². The van der Waals surface area contributed by atoms with Gasteiger partial charge in [0.1, 0.15) is 11.3 Å². The van der Waals surface area contributed by atoms with Gasteiger partial charge in [-0.15, -0.1) is 0 Å². The number of rotatable bonds is 0. The van der Waals surface area contributed by atoms with Crippen molar-refractivity contribution in [2.24, 2.45) is 0 Å². The molecule has 3 aromatic carbocycles. The Morgan fingerprint density at radius 3 is 1.23 bits per heavy atom. The number of hydrogen-bond acceptors (Lipinski definition) is 1. The molecule has 7 heterocycles. The van der Waals surface area contributed by atoms with Crippen LogP contribution in [-0.4, -0.2) is 98.9 Å². The summed E-state index contributed by atoms with van der Waals surface area (Å²) in [5, 5.41) is 3.00. The molecule has 0 fully saturated rings. The zero-order chi connectivity index (χ0) is 79.5. The Balaban J connectivity index is 0.000000254. The molecule has 0 bridgehead atoms. The Morgan fingerprint density at radius 2 is 0.852 bits per heavy atom. The van der Waals surface area contributed by atoms with Crippen LogP contribution in [0, 0.1) is 90.0 Å². The van der Waals surface area contributed by atoms with Gasteiger partial charge >= 0.3 is 513 Å². The zero-order valence-corrected chi connectivity index (χ0v) is 71.9. The fraction of sp³-hybridized carbons (Fsp3) is 0.506. The maximum atomic E-state index is 8.10. The Bertz CT molecular complexity index is 4180. The van der Waals surface area contributed by atoms with E-state index in [-0.39, 0.29) is 110 Å². The summed E-state index contributed by atoms with van der Waals surface area (Å²) in [5.74, 6) is 0.833. The number of benzene rings is 3. The summed E-state index contributed by atoms with van der Waals surface area (Å²) in [5.41, 5.74) is 15.2. The topological polar surface area (TPSA) is 13.1 Å². The quantitative estimate of drug-likeness (QED) is 0.138. The molecule has 0 atom stereocenters. The molecule has 0 N–H and O–H groups in total. The first kappa shape index (κ1) is 58.8. The molecule has 0 unspecified atom stereocenters. The summed E-state index contributed by atoms with van der Waals surface area (Å²) < 4.78 is 128. The van der Waals surface area contributed by atoms with Crippen LogP contribution >= 0.6 is 0 Å². The largest absolute Gasteiger partial charge is 0.460 e. The second-order valence-corrected chi connectivity index (χ2v) is 44.0. The number of hydrogen-bond donors (Lipinski definition) is 0. The second kappa shape index (κ2) is 31.2. The zero-order valence-electron chi connectivity index (χ0n) is 74.4. The van der Waals surface area contributed by atoms with Gasteiger partial charge < -0.3 is 4.42 Å². The van der Waals surface area contributed by atoms with Gasteiger partial charge in [0, 0.05) is 10.8 Å². The third-order valence-corrected chi connectivity index (χ3v) is 36.5. The van der Waals surface area contributed by atoms with E-state index in [1.807, 2.05) is 41.5 Å². The first-order valence-corrected chi connectivity index (χ1v) is 42.1. The van der Waals surface area contributed by atoms with Crippen LogP contribution in [0.4, 0.5) is 0 Å². The molecule has 1 nitrogen and oxygen atoms in total. The standard InChI is InChI=1S/C14H18O.C14H18Se.C14H18Te.C11H18Se.C10H16Se.C9H14Se.C9H14Te/c3*1-9-7-6-8-11-12(9)10(2)13(15-11)14(3,4)5;1-7-8(2)10(11(4,5)6)12-9(7)3;1-7-6-11-9(8(7)2)10(3,4)5;2*1-7-5-6-10-8(7)9(2,3)4/h3*6-8H,1-5H3;1-6H3;6H,1-5H3;2*5-6H,1-4H3/i3*6D,7D,8D;;6D;2*5D,6D. The summed E-state index contributed by atoms with van der Waals surface area (Å²) in [7, 11) is 0. The average Bonchev–Trinajstić information content (AvgIpc) is 1.59. The van der Waals surface area contributed by atoms with Gasteiger partial charge in [0.2, 0.25) is 0 Å². The molecular weight excluding hydrogens is 1560 g/mol. The molecule has 88 heavy (non-hydrogen) atoms. The molecular formula is C81H116OSe4Te2. The molecule has 0 aliphatic carbocycles. The van der Waals surface area contributed by atoms with E-state index >= 15 is 0 Å². The van der Waals surface area contributed by atoms with Crippen molar-refractivity contribution in [1.29, 1.82) is 0 Å². The normalized spacial score (nSPS) is 14.4. The summed E-state index contributed by atoms with van der Waals surface area (Å²) in [6, 6.07) is 2.19. The van der Waals surface area contributed by atoms with Crippen molar-refractivity contribution in [1.82, 2.24) is 0 Å². The summed E-state index contributed by atoms with van der Waals surface area (Å²) in [6.45, 7) is 72.8. The molecule has 0 radical (unpaired) electrons. The fourth-order valence-corrected chi connectivity index (χ4v) is 25.7. The average molecular weight is 1690 g/mol. The van der Waals surface area contributed by atoms with Gasteiger partial charge in [0.25, 0.3) is 0 Å². The van der Waals surface area contributed by atoms with Crippen LogP contribution in [0.15, 0.2) is 84.8 Å². The van der Waals surface area contributed by atoms with Crippen LogP contribution in [0.5, 0.6) is 0 Å². The first-order chi connectivity index (χ1) is 45.8. The van der Waals surface area contributed by atoms with Crippen molar-refractivity contribution in [3.8, 4) is 0 Å². The smallest absolute Gasteiger partial charge is 0.134 e. The Hall–Kier alpha value is -1.74. The van der Waals surface area contributed by atoms with Crippen molar-refractivity contribution in [2.45, 2.75) is 273 Å². The molecule has 7 heteroatoms. The van der Waals surface area contributed by atoms with Gasteiger partial charge in [-0.3, -0.25) is 0 Å². The second-order valence-electron chi connectivity index (χ2n) is 30.6. The van der Waals surface area contributed by atoms with Crippen LogP contribution in [0.25, 0.3) is 29.4 Å². The van der Waals surface area contributed by atoms with Gasteiger partial charge in [0.05, 0.1) is 4.11 Å². The van der Waals surface area contributed by atoms with E-state index in [2.05, 4.69) is 194 Å². The minimum Gasteiger partial charge on any atom is -0.460 e. The maximum absolute atomic E-state index is 8.10. The van der Waals surface area contributed by atoms with Crippen molar-refractivity contribution < 1.29 is 23.6 Å². The number of fused-ring (bicyclic) bond motifs is 3. The van der Waals surface area contributed by atoms with E-state index in [1.165, 1.54) is 42.7 Å². The maximum Gasteiger partial charge on any atom is 0.134 e. The molecule has 0 aliphatic heterocycles. The van der Waals surface area contributed by atoms with Gasteiger partial charge in [-0.25, -0.2) is 0 Å². The third-order valence-electron chi connectivity index (χ3n) is 15.0. The summed E-state index contributed by atoms with van der Waals surface area (Å²) in [4.78, 5) is 1.40. The van der Waals surface area contributed by atoms with Crippen LogP contribution in [0.2, 0.25) is 0 Å². The summed E-state index contributed by atoms with van der Waals surface area (Å²) in [6.07, 6.45) is 0. The number of aryl methyl sites for hydroxylation is 7. The predicted molar refractivity (Wildman–Crippen MR) is 404 cm³/mol. The van der Waals surface area contributed by atoms with E-state index < -0.39 is 40.9 Å². The molecule has 10 rings (SSSR count). The van der Waals surface area contributed by atoms with Crippen LogP contribution in [0.3, 0.4) is 0 Å². The third kappa shape index (κ3) is 20.9. The monoisotopic (exact) mass is 1700 g/mol. The molecule has 482 valence electrons. The molecule has 0 amide bonds. The summed E-state index contributed by atoms with van der Waals surface area (Å²) >= 11 is 0.114. The first-order valence-electron chi connectivity index (χ1n) is 37.6. The molecule has 0 aliphatic rings. The molecule has 0 saturated heterocycles. The van der Waals surface area contributed by atoms with Crippen LogP contribution in [-0.2, 0) is 37.9 Å². The van der Waals surface area contributed by atoms with Crippen molar-refractivity contribution in [2.75, 3.05) is 0 Å². The Morgan fingerprint density at radius 1 is 0.364 bits per heavy atom. The van der Waals surface area contributed by atoms with Crippen molar-refractivity contribution >= 4 is 128 Å². The Labute approximate surface area is 602 Å². The van der Waals surface area contributed by atoms with Crippen molar-refractivity contribution in [3.05, 3.63) is 182 Å². The molecule has 0 saturated carbocycles. The fourth-order valence-electron chi connectivity index (χ4n) is 10.7. The van der Waals surface area contributed by atoms with E-state index in [1.54, 1.807) is 20.0 Å². The van der Waals surface area contributed by atoms with Gasteiger partial charge in [-0.05, 0) is 31.0 Å². The van der Waals surface area contributed by atoms with Gasteiger partial charge in [0.15, 0.2) is 0 Å². The molecule has 10 aromatic rings. The van der Waals surface area contributed by atoms with E-state index in [9.17, 15) is 0 Å². The predicted octanol–water partition coefficient (Wildman–Crippen LogP) is 22.3. The van der Waals surface area contributed by atoms with Crippen LogP contribution in [0.1, 0.15) is 266 Å². The minimum atomic E-state index is -0.555. The molecule has 7 aromatic heterocycles. The Kier molecular flexibility index (Phi) is 20.9. The number of furan rings is 1. The molecule has 0 spiro atoms. The SMILES string of the molecule is Cc1[se]c(C(C)(C)C)c(C)c1C.[2H]c1[se]c(C(C)(C)C)c(C)c1C.[2H]c1[se]c(C(C)(C)C)c(C)c1[2H].[2H]c1[te]c(C(C)(C)C)c(C)c1[2H].[2H]c1c([2H])c(C)c2c(C)c(C(C)(C)C)[se]c2c1[2H].[2H]c1c([2H])c(C)c2c(C)c(C(C)(C)C)[te]c2c1[2H].[2H]c1c([2H])c(C)c2c(C)c(C(C)(C)C)oc2c1[2H]. The van der Waals surface area contributed by atoms with Gasteiger partial charge in [-0.1, -0.05) is 32.9 Å². The van der Waals surface area contributed by atoms with E-state index in [4.69, 9.17) is 23.6 Å². The van der Waals surface area contributed by atoms with Crippen molar-refractivity contribution in [3.63, 3.8) is 0 Å². The van der Waals surface area contributed by atoms with E-state index in [0.717, 1.165) is 67.9 Å².